The first kappa shape index (κ1) is 24.7. The molecule has 0 aliphatic rings. The van der Waals surface area contributed by atoms with Crippen molar-refractivity contribution in [2.24, 2.45) is 4.99 Å². The van der Waals surface area contributed by atoms with Gasteiger partial charge in [-0.3, -0.25) is 4.79 Å². The number of aliphatic imine (C=N–C) groups is 1. The number of hydrogen-bond donors (Lipinski definition) is 3. The van der Waals surface area contributed by atoms with E-state index in [0.29, 0.717) is 24.4 Å². The summed E-state index contributed by atoms with van der Waals surface area (Å²) < 4.78 is 0. The molecular weight excluding hydrogens is 479 g/mol. The van der Waals surface area contributed by atoms with Crippen LogP contribution < -0.4 is 10.6 Å². The average Bonchev–Trinajstić information content (AvgIpc) is 2.67. The van der Waals surface area contributed by atoms with Gasteiger partial charge in [-0.1, -0.05) is 24.3 Å². The highest BCUT2D eigenvalue weighted by Gasteiger charge is 2.07. The molecule has 0 unspecified atom stereocenters. The van der Waals surface area contributed by atoms with Crippen molar-refractivity contribution >= 4 is 35.8 Å². The van der Waals surface area contributed by atoms with Crippen LogP contribution >= 0.6 is 24.0 Å². The summed E-state index contributed by atoms with van der Waals surface area (Å²) >= 11 is 0. The summed E-state index contributed by atoms with van der Waals surface area (Å²) in [6, 6.07) is 11.5. The number of carbonyl (C=O) groups excluding carboxylic acids is 1. The van der Waals surface area contributed by atoms with E-state index in [2.05, 4.69) is 15.6 Å². The third kappa shape index (κ3) is 7.23. The van der Waals surface area contributed by atoms with Gasteiger partial charge in [-0.05, 0) is 55.2 Å². The minimum Gasteiger partial charge on any atom is -0.507 e. The van der Waals surface area contributed by atoms with Crippen LogP contribution in [0.5, 0.6) is 5.75 Å². The highest BCUT2D eigenvalue weighted by molar-refractivity contribution is 14.0. The second-order valence-electron chi connectivity index (χ2n) is 7.02. The van der Waals surface area contributed by atoms with Crippen LogP contribution in [0.25, 0.3) is 0 Å². The molecule has 3 N–H and O–H groups in total. The predicted molar refractivity (Wildman–Crippen MR) is 129 cm³/mol. The quantitative estimate of drug-likeness (QED) is 0.316. The van der Waals surface area contributed by atoms with Crippen molar-refractivity contribution in [3.05, 3.63) is 64.2 Å². The molecule has 0 aromatic heterocycles. The average molecular weight is 510 g/mol. The summed E-state index contributed by atoms with van der Waals surface area (Å²) in [5.41, 5.74) is 4.51. The van der Waals surface area contributed by atoms with E-state index in [1.165, 1.54) is 0 Å². The number of aromatic hydroxyl groups is 1. The fourth-order valence-corrected chi connectivity index (χ4v) is 2.86. The van der Waals surface area contributed by atoms with Gasteiger partial charge in [0, 0.05) is 32.7 Å². The van der Waals surface area contributed by atoms with E-state index in [-0.39, 0.29) is 29.9 Å². The maximum absolute atomic E-state index is 12.0. The lowest BCUT2D eigenvalue weighted by Gasteiger charge is -2.13. The molecule has 0 saturated carbocycles. The summed E-state index contributed by atoms with van der Waals surface area (Å²) in [6.07, 6.45) is 0. The molecule has 2 aromatic rings. The Morgan fingerprint density at radius 1 is 1.03 bits per heavy atom. The predicted octanol–water partition coefficient (Wildman–Crippen LogP) is 3.58. The largest absolute Gasteiger partial charge is 0.507 e. The third-order valence-electron chi connectivity index (χ3n) is 4.38. The van der Waals surface area contributed by atoms with E-state index in [1.54, 1.807) is 19.0 Å². The lowest BCUT2D eigenvalue weighted by atomic mass is 10.1. The van der Waals surface area contributed by atoms with Gasteiger partial charge in [0.25, 0.3) is 5.91 Å². The molecule has 0 atom stereocenters. The molecular formula is C22H31IN4O2. The molecule has 1 amide bonds. The number of nitrogens with one attached hydrogen (secondary N) is 2. The summed E-state index contributed by atoms with van der Waals surface area (Å²) in [4.78, 5) is 18.2. The molecule has 0 spiro atoms. The van der Waals surface area contributed by atoms with Crippen LogP contribution in [0.2, 0.25) is 0 Å². The molecule has 2 aromatic carbocycles. The van der Waals surface area contributed by atoms with Gasteiger partial charge in [-0.2, -0.15) is 0 Å². The van der Waals surface area contributed by atoms with Crippen molar-refractivity contribution in [3.8, 4) is 5.75 Å². The van der Waals surface area contributed by atoms with Crippen molar-refractivity contribution < 1.29 is 9.90 Å². The zero-order valence-corrected chi connectivity index (χ0v) is 20.1. The minimum absolute atomic E-state index is 0. The van der Waals surface area contributed by atoms with Crippen molar-refractivity contribution in [1.82, 2.24) is 15.5 Å². The topological polar surface area (TPSA) is 77.0 Å². The maximum atomic E-state index is 12.0. The number of benzene rings is 2. The number of rotatable bonds is 6. The van der Waals surface area contributed by atoms with E-state index < -0.39 is 0 Å². The molecule has 2 rings (SSSR count). The number of hydrogen-bond acceptors (Lipinski definition) is 3. The molecule has 0 radical (unpaired) electrons. The van der Waals surface area contributed by atoms with Crippen molar-refractivity contribution in [3.63, 3.8) is 0 Å². The van der Waals surface area contributed by atoms with Crippen LogP contribution in [-0.2, 0) is 13.1 Å². The van der Waals surface area contributed by atoms with E-state index in [1.807, 2.05) is 57.2 Å². The summed E-state index contributed by atoms with van der Waals surface area (Å²) in [6.45, 7) is 7.69. The lowest BCUT2D eigenvalue weighted by molar-refractivity contribution is 0.0827. The monoisotopic (exact) mass is 510 g/mol. The van der Waals surface area contributed by atoms with Gasteiger partial charge < -0.3 is 20.6 Å². The Bertz CT molecular complexity index is 825. The van der Waals surface area contributed by atoms with Crippen LogP contribution in [0.4, 0.5) is 0 Å². The van der Waals surface area contributed by atoms with E-state index >= 15 is 0 Å². The summed E-state index contributed by atoms with van der Waals surface area (Å²) in [5, 5.41) is 16.5. The molecule has 0 saturated heterocycles. The van der Waals surface area contributed by atoms with Gasteiger partial charge in [-0.15, -0.1) is 24.0 Å². The first-order valence-corrected chi connectivity index (χ1v) is 9.43. The van der Waals surface area contributed by atoms with Crippen LogP contribution in [0, 0.1) is 13.8 Å². The minimum atomic E-state index is -0.00565. The number of aryl methyl sites for hydroxylation is 2. The summed E-state index contributed by atoms with van der Waals surface area (Å²) in [7, 11) is 3.49. The standard InChI is InChI=1S/C22H30N4O2.HI/c1-6-23-22(25-14-18-11-15(2)20(27)16(3)12-18)24-13-17-7-9-19(10-8-17)21(28)26(4)5;/h7-12,27H,6,13-14H2,1-5H3,(H2,23,24,25);1H. The molecule has 0 fully saturated rings. The van der Waals surface area contributed by atoms with Gasteiger partial charge in [0.15, 0.2) is 5.96 Å². The van der Waals surface area contributed by atoms with Gasteiger partial charge in [-0.25, -0.2) is 4.99 Å². The summed E-state index contributed by atoms with van der Waals surface area (Å²) in [5.74, 6) is 1.06. The van der Waals surface area contributed by atoms with Gasteiger partial charge in [0.05, 0.1) is 6.54 Å². The van der Waals surface area contributed by atoms with E-state index in [9.17, 15) is 9.90 Å². The Morgan fingerprint density at radius 3 is 2.14 bits per heavy atom. The second-order valence-corrected chi connectivity index (χ2v) is 7.02. The van der Waals surface area contributed by atoms with Crippen LogP contribution in [0.1, 0.15) is 39.5 Å². The number of phenols is 1. The first-order chi connectivity index (χ1) is 13.3. The Kier molecular flexibility index (Phi) is 9.94. The van der Waals surface area contributed by atoms with Crippen LogP contribution in [0.3, 0.4) is 0 Å². The normalized spacial score (nSPS) is 10.9. The van der Waals surface area contributed by atoms with Crippen LogP contribution in [-0.4, -0.2) is 42.5 Å². The SMILES string of the molecule is CCNC(=NCc1cc(C)c(O)c(C)c1)NCc1ccc(C(=O)N(C)C)cc1.I. The Labute approximate surface area is 190 Å². The Balaban J connectivity index is 0.00000420. The molecule has 0 bridgehead atoms. The van der Waals surface area contributed by atoms with Crippen molar-refractivity contribution in [2.75, 3.05) is 20.6 Å². The van der Waals surface area contributed by atoms with Crippen molar-refractivity contribution in [1.29, 1.82) is 0 Å². The number of amides is 1. The number of phenolic OH excluding ortho intramolecular Hbond substituents is 1. The van der Waals surface area contributed by atoms with Gasteiger partial charge >= 0.3 is 0 Å². The molecule has 0 heterocycles. The highest BCUT2D eigenvalue weighted by Crippen LogP contribution is 2.23. The lowest BCUT2D eigenvalue weighted by Crippen LogP contribution is -2.36. The molecule has 29 heavy (non-hydrogen) atoms. The zero-order chi connectivity index (χ0) is 20.7. The molecule has 0 aliphatic heterocycles. The molecule has 0 aliphatic carbocycles. The number of halogens is 1. The Hall–Kier alpha value is -2.29. The second kappa shape index (κ2) is 11.6. The highest BCUT2D eigenvalue weighted by atomic mass is 127. The first-order valence-electron chi connectivity index (χ1n) is 9.43. The Morgan fingerprint density at radius 2 is 1.62 bits per heavy atom. The maximum Gasteiger partial charge on any atom is 0.253 e. The van der Waals surface area contributed by atoms with E-state index in [0.717, 1.165) is 34.8 Å². The number of carbonyl (C=O) groups is 1. The molecule has 158 valence electrons. The van der Waals surface area contributed by atoms with Crippen LogP contribution in [0.15, 0.2) is 41.4 Å². The number of guanidine groups is 1. The van der Waals surface area contributed by atoms with Gasteiger partial charge in [0.2, 0.25) is 0 Å². The smallest absolute Gasteiger partial charge is 0.253 e. The molecule has 6 nitrogen and oxygen atoms in total. The fraction of sp³-hybridized carbons (Fsp3) is 0.364. The van der Waals surface area contributed by atoms with Gasteiger partial charge in [0.1, 0.15) is 5.75 Å². The fourth-order valence-electron chi connectivity index (χ4n) is 2.86. The van der Waals surface area contributed by atoms with Crippen molar-refractivity contribution in [2.45, 2.75) is 33.9 Å². The zero-order valence-electron chi connectivity index (χ0n) is 17.7. The van der Waals surface area contributed by atoms with E-state index in [4.69, 9.17) is 0 Å². The molecule has 7 heteroatoms. The third-order valence-corrected chi connectivity index (χ3v) is 4.38. The number of nitrogens with zero attached hydrogens (tertiary/aromatic N) is 2.